The minimum atomic E-state index is -3.94. The SMILES string of the molecule is CCOCCCNc1ccc(C(=O)O)cc1S(=O)(=O)NCc1ccco1. The van der Waals surface area contributed by atoms with E-state index in [1.807, 2.05) is 6.92 Å². The molecule has 0 atom stereocenters. The molecule has 26 heavy (non-hydrogen) atoms. The Morgan fingerprint density at radius 2 is 2.12 bits per heavy atom. The Kier molecular flexibility index (Phi) is 7.19. The second kappa shape index (κ2) is 9.37. The van der Waals surface area contributed by atoms with E-state index in [1.54, 1.807) is 12.1 Å². The molecule has 1 aromatic heterocycles. The average Bonchev–Trinajstić information content (AvgIpc) is 3.13. The molecule has 0 bridgehead atoms. The van der Waals surface area contributed by atoms with Crippen molar-refractivity contribution in [1.82, 2.24) is 4.72 Å². The first-order valence-corrected chi connectivity index (χ1v) is 9.63. The number of hydrogen-bond acceptors (Lipinski definition) is 6. The van der Waals surface area contributed by atoms with Gasteiger partial charge in [-0.3, -0.25) is 0 Å². The van der Waals surface area contributed by atoms with Crippen LogP contribution >= 0.6 is 0 Å². The van der Waals surface area contributed by atoms with Crippen molar-refractivity contribution in [2.24, 2.45) is 0 Å². The van der Waals surface area contributed by atoms with E-state index >= 15 is 0 Å². The quantitative estimate of drug-likeness (QED) is 0.510. The van der Waals surface area contributed by atoms with Gasteiger partial charge in [-0.1, -0.05) is 0 Å². The highest BCUT2D eigenvalue weighted by molar-refractivity contribution is 7.89. The van der Waals surface area contributed by atoms with Gasteiger partial charge >= 0.3 is 5.97 Å². The van der Waals surface area contributed by atoms with Gasteiger partial charge in [-0.2, -0.15) is 0 Å². The third-order valence-electron chi connectivity index (χ3n) is 3.52. The Balaban J connectivity index is 2.18. The fourth-order valence-electron chi connectivity index (χ4n) is 2.22. The largest absolute Gasteiger partial charge is 0.478 e. The van der Waals surface area contributed by atoms with Gasteiger partial charge < -0.3 is 19.6 Å². The summed E-state index contributed by atoms with van der Waals surface area (Å²) in [6.45, 7) is 3.52. The summed E-state index contributed by atoms with van der Waals surface area (Å²) in [5, 5.41) is 12.2. The summed E-state index contributed by atoms with van der Waals surface area (Å²) in [4.78, 5) is 11.1. The maximum Gasteiger partial charge on any atom is 0.335 e. The van der Waals surface area contributed by atoms with E-state index in [1.165, 1.54) is 18.4 Å². The molecule has 2 aromatic rings. The number of aromatic carboxylic acids is 1. The molecule has 0 amide bonds. The predicted octanol–water partition coefficient (Wildman–Crippen LogP) is 2.29. The highest BCUT2D eigenvalue weighted by Gasteiger charge is 2.21. The van der Waals surface area contributed by atoms with E-state index in [9.17, 15) is 13.2 Å². The van der Waals surface area contributed by atoms with Crippen LogP contribution in [-0.4, -0.2) is 39.3 Å². The van der Waals surface area contributed by atoms with Crippen molar-refractivity contribution in [3.63, 3.8) is 0 Å². The third-order valence-corrected chi connectivity index (χ3v) is 4.96. The van der Waals surface area contributed by atoms with Crippen molar-refractivity contribution in [3.8, 4) is 0 Å². The third kappa shape index (κ3) is 5.58. The van der Waals surface area contributed by atoms with Crippen molar-refractivity contribution in [1.29, 1.82) is 0 Å². The molecule has 3 N–H and O–H groups in total. The number of rotatable bonds is 11. The molecule has 0 spiro atoms. The number of carbonyl (C=O) groups is 1. The Morgan fingerprint density at radius 3 is 2.77 bits per heavy atom. The lowest BCUT2D eigenvalue weighted by Gasteiger charge is -2.14. The second-order valence-corrected chi connectivity index (χ2v) is 7.13. The molecule has 0 aliphatic heterocycles. The number of anilines is 1. The van der Waals surface area contributed by atoms with Crippen molar-refractivity contribution in [2.45, 2.75) is 24.8 Å². The zero-order chi connectivity index (χ0) is 19.0. The van der Waals surface area contributed by atoms with Gasteiger partial charge in [0, 0.05) is 19.8 Å². The lowest BCUT2D eigenvalue weighted by atomic mass is 10.2. The first kappa shape index (κ1) is 20.0. The fraction of sp³-hybridized carbons (Fsp3) is 0.353. The van der Waals surface area contributed by atoms with Crippen molar-refractivity contribution in [2.75, 3.05) is 25.1 Å². The lowest BCUT2D eigenvalue weighted by Crippen LogP contribution is -2.24. The van der Waals surface area contributed by atoms with Crippen molar-refractivity contribution >= 4 is 21.7 Å². The standard InChI is InChI=1S/C17H22N2O6S/c1-2-24-9-4-8-18-15-7-6-13(17(20)21)11-16(15)26(22,23)19-12-14-5-3-10-25-14/h3,5-7,10-11,18-19H,2,4,8-9,12H2,1H3,(H,20,21). The van der Waals surface area contributed by atoms with Crippen LogP contribution < -0.4 is 10.0 Å². The minimum absolute atomic E-state index is 0.0313. The number of hydrogen-bond donors (Lipinski definition) is 3. The Labute approximate surface area is 152 Å². The zero-order valence-electron chi connectivity index (χ0n) is 14.4. The van der Waals surface area contributed by atoms with E-state index in [2.05, 4.69) is 10.0 Å². The van der Waals surface area contributed by atoms with Crippen LogP contribution in [-0.2, 0) is 21.3 Å². The maximum absolute atomic E-state index is 12.6. The van der Waals surface area contributed by atoms with E-state index < -0.39 is 16.0 Å². The smallest absolute Gasteiger partial charge is 0.335 e. The van der Waals surface area contributed by atoms with E-state index in [0.717, 1.165) is 6.07 Å². The summed E-state index contributed by atoms with van der Waals surface area (Å²) < 4.78 is 38.1. The molecular formula is C17H22N2O6S. The molecule has 0 aliphatic carbocycles. The lowest BCUT2D eigenvalue weighted by molar-refractivity contribution is 0.0696. The van der Waals surface area contributed by atoms with Crippen LogP contribution in [0.2, 0.25) is 0 Å². The van der Waals surface area contributed by atoms with Gasteiger partial charge in [0.05, 0.1) is 24.1 Å². The molecule has 9 heteroatoms. The van der Waals surface area contributed by atoms with Crippen LogP contribution in [0, 0.1) is 0 Å². The fourth-order valence-corrected chi connectivity index (χ4v) is 3.42. The van der Waals surface area contributed by atoms with Crippen LogP contribution in [0.5, 0.6) is 0 Å². The van der Waals surface area contributed by atoms with Gasteiger partial charge in [-0.25, -0.2) is 17.9 Å². The Morgan fingerprint density at radius 1 is 1.31 bits per heavy atom. The molecule has 0 unspecified atom stereocenters. The van der Waals surface area contributed by atoms with E-state index in [0.29, 0.717) is 37.6 Å². The summed E-state index contributed by atoms with van der Waals surface area (Å²) in [5.74, 6) is -0.746. The maximum atomic E-state index is 12.6. The van der Waals surface area contributed by atoms with Gasteiger partial charge in [0.25, 0.3) is 0 Å². The molecule has 2 rings (SSSR count). The van der Waals surface area contributed by atoms with Crippen LogP contribution in [0.25, 0.3) is 0 Å². The molecule has 0 aliphatic rings. The number of nitrogens with one attached hydrogen (secondary N) is 2. The van der Waals surface area contributed by atoms with Crippen LogP contribution in [0.3, 0.4) is 0 Å². The highest BCUT2D eigenvalue weighted by Crippen LogP contribution is 2.23. The number of benzene rings is 1. The molecule has 1 heterocycles. The first-order chi connectivity index (χ1) is 12.4. The van der Waals surface area contributed by atoms with Gasteiger partial charge in [0.1, 0.15) is 10.7 Å². The van der Waals surface area contributed by atoms with Crippen LogP contribution in [0.1, 0.15) is 29.5 Å². The molecule has 0 saturated heterocycles. The zero-order valence-corrected chi connectivity index (χ0v) is 15.2. The summed E-state index contributed by atoms with van der Waals surface area (Å²) in [6.07, 6.45) is 2.13. The number of furan rings is 1. The summed E-state index contributed by atoms with van der Waals surface area (Å²) in [5.41, 5.74) is 0.224. The van der Waals surface area contributed by atoms with Gasteiger partial charge in [-0.15, -0.1) is 0 Å². The number of sulfonamides is 1. The van der Waals surface area contributed by atoms with E-state index in [4.69, 9.17) is 14.3 Å². The molecule has 1 aromatic carbocycles. The van der Waals surface area contributed by atoms with Crippen LogP contribution in [0.15, 0.2) is 45.9 Å². The average molecular weight is 382 g/mol. The molecule has 0 fully saturated rings. The number of ether oxygens (including phenoxy) is 1. The molecular weight excluding hydrogens is 360 g/mol. The van der Waals surface area contributed by atoms with Gasteiger partial charge in [0.2, 0.25) is 10.0 Å². The first-order valence-electron chi connectivity index (χ1n) is 8.15. The molecule has 0 saturated carbocycles. The number of carboxylic acid groups (broad SMARTS) is 1. The van der Waals surface area contributed by atoms with Crippen LogP contribution in [0.4, 0.5) is 5.69 Å². The predicted molar refractivity (Wildman–Crippen MR) is 95.7 cm³/mol. The van der Waals surface area contributed by atoms with Gasteiger partial charge in [-0.05, 0) is 43.7 Å². The topological polar surface area (TPSA) is 118 Å². The summed E-state index contributed by atoms with van der Waals surface area (Å²) in [6, 6.07) is 7.24. The highest BCUT2D eigenvalue weighted by atomic mass is 32.2. The number of carboxylic acids is 1. The Bertz CT molecular complexity index is 818. The van der Waals surface area contributed by atoms with Gasteiger partial charge in [0.15, 0.2) is 0 Å². The molecule has 142 valence electrons. The summed E-state index contributed by atoms with van der Waals surface area (Å²) in [7, 11) is -3.94. The second-order valence-electron chi connectivity index (χ2n) is 5.40. The van der Waals surface area contributed by atoms with E-state index in [-0.39, 0.29) is 17.0 Å². The normalized spacial score (nSPS) is 11.4. The monoisotopic (exact) mass is 382 g/mol. The van der Waals surface area contributed by atoms with Crippen molar-refractivity contribution < 1.29 is 27.5 Å². The minimum Gasteiger partial charge on any atom is -0.478 e. The molecule has 8 nitrogen and oxygen atoms in total. The summed E-state index contributed by atoms with van der Waals surface area (Å²) >= 11 is 0. The Hall–Kier alpha value is -2.36. The van der Waals surface area contributed by atoms with Crippen molar-refractivity contribution in [3.05, 3.63) is 47.9 Å². The molecule has 0 radical (unpaired) electrons.